The lowest BCUT2D eigenvalue weighted by Gasteiger charge is -2.13. The van der Waals surface area contributed by atoms with Crippen LogP contribution in [0.5, 0.6) is 0 Å². The lowest BCUT2D eigenvalue weighted by atomic mass is 10.1. The van der Waals surface area contributed by atoms with Crippen LogP contribution < -0.4 is 5.32 Å². The molecule has 0 aliphatic carbocycles. The Kier molecular flexibility index (Phi) is 4.66. The number of halogens is 2. The van der Waals surface area contributed by atoms with Crippen molar-refractivity contribution in [3.8, 4) is 10.6 Å². The molecule has 1 atom stereocenters. The molecule has 3 rings (SSSR count). The molecule has 2 aromatic carbocycles. The van der Waals surface area contributed by atoms with Crippen molar-refractivity contribution in [2.24, 2.45) is 0 Å². The van der Waals surface area contributed by atoms with Gasteiger partial charge in [-0.1, -0.05) is 12.1 Å². The van der Waals surface area contributed by atoms with Gasteiger partial charge in [0.15, 0.2) is 0 Å². The molecule has 1 unspecified atom stereocenters. The number of benzene rings is 2. The molecule has 24 heavy (non-hydrogen) atoms. The molecule has 1 N–H and O–H groups in total. The summed E-state index contributed by atoms with van der Waals surface area (Å²) in [7, 11) is 0. The third kappa shape index (κ3) is 3.65. The van der Waals surface area contributed by atoms with Crippen molar-refractivity contribution in [1.82, 2.24) is 10.3 Å². The fourth-order valence-corrected chi connectivity index (χ4v) is 3.01. The van der Waals surface area contributed by atoms with E-state index in [1.165, 1.54) is 35.6 Å². The maximum atomic E-state index is 13.0. The number of nitrogens with one attached hydrogen (secondary N) is 1. The Morgan fingerprint density at radius 1 is 1.04 bits per heavy atom. The number of carbonyl (C=O) groups is 1. The molecule has 6 heteroatoms. The van der Waals surface area contributed by atoms with Crippen molar-refractivity contribution >= 4 is 17.2 Å². The summed E-state index contributed by atoms with van der Waals surface area (Å²) in [4.78, 5) is 16.6. The van der Waals surface area contributed by atoms with Gasteiger partial charge in [0, 0.05) is 10.9 Å². The second-order valence-electron chi connectivity index (χ2n) is 5.29. The van der Waals surface area contributed by atoms with Gasteiger partial charge in [-0.3, -0.25) is 4.79 Å². The van der Waals surface area contributed by atoms with Crippen LogP contribution in [0.1, 0.15) is 29.0 Å². The molecule has 0 aliphatic rings. The van der Waals surface area contributed by atoms with Crippen LogP contribution >= 0.6 is 11.3 Å². The standard InChI is InChI=1S/C18H14F2N2OS/c1-11(12-2-6-14(19)7-3-12)21-17(23)16-10-24-18(22-16)13-4-8-15(20)9-5-13/h2-11H,1H3,(H,21,23). The maximum absolute atomic E-state index is 13.0. The predicted molar refractivity (Wildman–Crippen MR) is 89.8 cm³/mol. The predicted octanol–water partition coefficient (Wildman–Crippen LogP) is 4.58. The van der Waals surface area contributed by atoms with Gasteiger partial charge in [0.1, 0.15) is 22.3 Å². The first-order valence-corrected chi connectivity index (χ1v) is 8.18. The number of hydrogen-bond donors (Lipinski definition) is 1. The van der Waals surface area contributed by atoms with Gasteiger partial charge in [0.2, 0.25) is 0 Å². The van der Waals surface area contributed by atoms with E-state index in [1.54, 1.807) is 29.6 Å². The van der Waals surface area contributed by atoms with Gasteiger partial charge >= 0.3 is 0 Å². The average Bonchev–Trinajstić information content (AvgIpc) is 3.06. The largest absolute Gasteiger partial charge is 0.344 e. The van der Waals surface area contributed by atoms with E-state index >= 15 is 0 Å². The van der Waals surface area contributed by atoms with Gasteiger partial charge in [0.25, 0.3) is 5.91 Å². The highest BCUT2D eigenvalue weighted by Crippen LogP contribution is 2.24. The van der Waals surface area contributed by atoms with Crippen molar-refractivity contribution in [3.63, 3.8) is 0 Å². The van der Waals surface area contributed by atoms with Crippen LogP contribution in [0.25, 0.3) is 10.6 Å². The third-order valence-electron chi connectivity index (χ3n) is 3.55. The van der Waals surface area contributed by atoms with E-state index in [9.17, 15) is 13.6 Å². The van der Waals surface area contributed by atoms with E-state index in [2.05, 4.69) is 10.3 Å². The molecular formula is C18H14F2N2OS. The van der Waals surface area contributed by atoms with Gasteiger partial charge in [-0.05, 0) is 48.9 Å². The van der Waals surface area contributed by atoms with E-state index in [1.807, 2.05) is 6.92 Å². The Morgan fingerprint density at radius 3 is 2.25 bits per heavy atom. The fourth-order valence-electron chi connectivity index (χ4n) is 2.21. The Hall–Kier alpha value is -2.60. The smallest absolute Gasteiger partial charge is 0.271 e. The molecule has 0 saturated carbocycles. The zero-order valence-corrected chi connectivity index (χ0v) is 13.6. The number of aromatic nitrogens is 1. The topological polar surface area (TPSA) is 42.0 Å². The van der Waals surface area contributed by atoms with Crippen molar-refractivity contribution in [3.05, 3.63) is 76.8 Å². The minimum atomic E-state index is -0.319. The van der Waals surface area contributed by atoms with Crippen LogP contribution in [0.15, 0.2) is 53.9 Å². The first kappa shape index (κ1) is 16.3. The van der Waals surface area contributed by atoms with Crippen molar-refractivity contribution in [2.45, 2.75) is 13.0 Å². The number of rotatable bonds is 4. The molecule has 0 radical (unpaired) electrons. The summed E-state index contributed by atoms with van der Waals surface area (Å²) in [6.45, 7) is 1.82. The third-order valence-corrected chi connectivity index (χ3v) is 4.44. The van der Waals surface area contributed by atoms with Crippen molar-refractivity contribution < 1.29 is 13.6 Å². The van der Waals surface area contributed by atoms with E-state index in [0.29, 0.717) is 10.7 Å². The van der Waals surface area contributed by atoms with Gasteiger partial charge < -0.3 is 5.32 Å². The fraction of sp³-hybridized carbons (Fsp3) is 0.111. The normalized spacial score (nSPS) is 12.0. The zero-order chi connectivity index (χ0) is 17.1. The molecule has 1 aromatic heterocycles. The molecule has 0 aliphatic heterocycles. The lowest BCUT2D eigenvalue weighted by Crippen LogP contribution is -2.26. The molecule has 0 saturated heterocycles. The van der Waals surface area contributed by atoms with Crippen molar-refractivity contribution in [1.29, 1.82) is 0 Å². The number of hydrogen-bond acceptors (Lipinski definition) is 3. The van der Waals surface area contributed by atoms with Crippen LogP contribution in [0, 0.1) is 11.6 Å². The second kappa shape index (κ2) is 6.88. The van der Waals surface area contributed by atoms with E-state index in [-0.39, 0.29) is 23.6 Å². The Bertz CT molecular complexity index is 844. The van der Waals surface area contributed by atoms with Gasteiger partial charge in [-0.15, -0.1) is 11.3 Å². The molecule has 1 amide bonds. The molecule has 0 fully saturated rings. The summed E-state index contributed by atoms with van der Waals surface area (Å²) in [6, 6.07) is 11.7. The summed E-state index contributed by atoms with van der Waals surface area (Å²) in [5.41, 5.74) is 1.86. The molecule has 3 aromatic rings. The summed E-state index contributed by atoms with van der Waals surface area (Å²) in [6.07, 6.45) is 0. The Balaban J connectivity index is 1.71. The molecule has 3 nitrogen and oxygen atoms in total. The average molecular weight is 344 g/mol. The SMILES string of the molecule is CC(NC(=O)c1csc(-c2ccc(F)cc2)n1)c1ccc(F)cc1. The minimum absolute atomic E-state index is 0.269. The van der Waals surface area contributed by atoms with Crippen LogP contribution in [-0.4, -0.2) is 10.9 Å². The van der Waals surface area contributed by atoms with Crippen LogP contribution in [0.3, 0.4) is 0 Å². The molecule has 1 heterocycles. The van der Waals surface area contributed by atoms with Crippen LogP contribution in [0.4, 0.5) is 8.78 Å². The Labute approximate surface area is 142 Å². The Morgan fingerprint density at radius 2 is 1.62 bits per heavy atom. The molecule has 0 spiro atoms. The zero-order valence-electron chi connectivity index (χ0n) is 12.8. The first-order valence-electron chi connectivity index (χ1n) is 7.31. The molecule has 122 valence electrons. The number of thiazole rings is 1. The molecule has 0 bridgehead atoms. The van der Waals surface area contributed by atoms with Crippen molar-refractivity contribution in [2.75, 3.05) is 0 Å². The van der Waals surface area contributed by atoms with E-state index in [0.717, 1.165) is 11.1 Å². The van der Waals surface area contributed by atoms with E-state index in [4.69, 9.17) is 0 Å². The second-order valence-corrected chi connectivity index (χ2v) is 6.15. The summed E-state index contributed by atoms with van der Waals surface area (Å²) < 4.78 is 25.9. The first-order chi connectivity index (χ1) is 11.5. The highest BCUT2D eigenvalue weighted by Gasteiger charge is 2.15. The quantitative estimate of drug-likeness (QED) is 0.753. The minimum Gasteiger partial charge on any atom is -0.344 e. The van der Waals surface area contributed by atoms with Gasteiger partial charge in [-0.25, -0.2) is 13.8 Å². The van der Waals surface area contributed by atoms with Gasteiger partial charge in [-0.2, -0.15) is 0 Å². The number of carbonyl (C=O) groups excluding carboxylic acids is 1. The summed E-state index contributed by atoms with van der Waals surface area (Å²) in [5, 5.41) is 5.13. The summed E-state index contributed by atoms with van der Waals surface area (Å²) >= 11 is 1.32. The molecular weight excluding hydrogens is 330 g/mol. The van der Waals surface area contributed by atoms with Crippen LogP contribution in [-0.2, 0) is 0 Å². The summed E-state index contributed by atoms with van der Waals surface area (Å²) in [5.74, 6) is -0.946. The number of amides is 1. The highest BCUT2D eigenvalue weighted by atomic mass is 32.1. The van der Waals surface area contributed by atoms with Gasteiger partial charge in [0.05, 0.1) is 6.04 Å². The van der Waals surface area contributed by atoms with E-state index < -0.39 is 0 Å². The number of nitrogens with zero attached hydrogens (tertiary/aromatic N) is 1. The lowest BCUT2D eigenvalue weighted by molar-refractivity contribution is 0.0935. The maximum Gasteiger partial charge on any atom is 0.271 e. The monoisotopic (exact) mass is 344 g/mol. The highest BCUT2D eigenvalue weighted by molar-refractivity contribution is 7.13. The van der Waals surface area contributed by atoms with Crippen LogP contribution in [0.2, 0.25) is 0 Å².